The second-order valence-corrected chi connectivity index (χ2v) is 5.69. The number of benzene rings is 1. The van der Waals surface area contributed by atoms with E-state index in [2.05, 4.69) is 4.98 Å². The third-order valence-corrected chi connectivity index (χ3v) is 4.02. The zero-order chi connectivity index (χ0) is 16.2. The molecule has 2 aromatic heterocycles. The summed E-state index contributed by atoms with van der Waals surface area (Å²) in [6.07, 6.45) is 3.69. The van der Waals surface area contributed by atoms with Gasteiger partial charge in [-0.2, -0.15) is 0 Å². The highest BCUT2D eigenvalue weighted by Crippen LogP contribution is 2.13. The molecule has 0 aliphatic heterocycles. The molecule has 0 amide bonds. The van der Waals surface area contributed by atoms with Gasteiger partial charge in [0.25, 0.3) is 0 Å². The van der Waals surface area contributed by atoms with Crippen LogP contribution < -0.4 is 4.74 Å². The lowest BCUT2D eigenvalue weighted by Crippen LogP contribution is -2.15. The number of ether oxygens (including phenoxy) is 2. The molecule has 3 aromatic rings. The number of hydrogen-bond donors (Lipinski definition) is 0. The first-order chi connectivity index (χ1) is 11.2. The van der Waals surface area contributed by atoms with Gasteiger partial charge in [0.2, 0.25) is 0 Å². The van der Waals surface area contributed by atoms with E-state index in [9.17, 15) is 9.59 Å². The predicted octanol–water partition coefficient (Wildman–Crippen LogP) is 2.37. The van der Waals surface area contributed by atoms with Crippen molar-refractivity contribution >= 4 is 28.1 Å². The SMILES string of the molecule is COc1ccc(C(=O)COC(=O)Cc2cn3ccsc3n2)cc1. The summed E-state index contributed by atoms with van der Waals surface area (Å²) in [4.78, 5) is 28.9. The summed E-state index contributed by atoms with van der Waals surface area (Å²) in [5.41, 5.74) is 1.10. The van der Waals surface area contributed by atoms with Crippen LogP contribution in [0.4, 0.5) is 0 Å². The van der Waals surface area contributed by atoms with Crippen molar-refractivity contribution in [2.45, 2.75) is 6.42 Å². The molecule has 0 saturated heterocycles. The van der Waals surface area contributed by atoms with Crippen molar-refractivity contribution in [1.82, 2.24) is 9.38 Å². The average molecular weight is 330 g/mol. The van der Waals surface area contributed by atoms with Crippen LogP contribution in [-0.4, -0.2) is 34.9 Å². The van der Waals surface area contributed by atoms with Crippen LogP contribution in [0.1, 0.15) is 16.1 Å². The molecule has 0 unspecified atom stereocenters. The molecule has 7 heteroatoms. The minimum atomic E-state index is -0.474. The van der Waals surface area contributed by atoms with Crippen molar-refractivity contribution in [2.24, 2.45) is 0 Å². The Morgan fingerprint density at radius 2 is 2.04 bits per heavy atom. The van der Waals surface area contributed by atoms with E-state index in [0.29, 0.717) is 17.0 Å². The van der Waals surface area contributed by atoms with Crippen LogP contribution in [0, 0.1) is 0 Å². The van der Waals surface area contributed by atoms with Gasteiger partial charge in [0.1, 0.15) is 5.75 Å². The fourth-order valence-electron chi connectivity index (χ4n) is 2.07. The monoisotopic (exact) mass is 330 g/mol. The highest BCUT2D eigenvalue weighted by molar-refractivity contribution is 7.15. The number of aromatic nitrogens is 2. The number of nitrogens with zero attached hydrogens (tertiary/aromatic N) is 2. The zero-order valence-corrected chi connectivity index (χ0v) is 13.2. The van der Waals surface area contributed by atoms with Crippen LogP contribution in [-0.2, 0) is 16.0 Å². The second-order valence-electron chi connectivity index (χ2n) is 4.81. The normalized spacial score (nSPS) is 10.7. The molecule has 3 rings (SSSR count). The number of methoxy groups -OCH3 is 1. The number of thiazole rings is 1. The molecule has 0 bridgehead atoms. The third kappa shape index (κ3) is 3.57. The first-order valence-corrected chi connectivity index (χ1v) is 7.77. The predicted molar refractivity (Wildman–Crippen MR) is 85.1 cm³/mol. The summed E-state index contributed by atoms with van der Waals surface area (Å²) in [6.45, 7) is -0.284. The molecule has 118 valence electrons. The van der Waals surface area contributed by atoms with Crippen LogP contribution >= 0.6 is 11.3 Å². The summed E-state index contributed by atoms with van der Waals surface area (Å²) in [5, 5.41) is 1.91. The third-order valence-electron chi connectivity index (χ3n) is 3.24. The number of Topliss-reactive ketones (excluding diaryl/α,β-unsaturated/α-hetero) is 1. The number of carbonyl (C=O) groups excluding carboxylic acids is 2. The fourth-order valence-corrected chi connectivity index (χ4v) is 2.79. The Kier molecular flexibility index (Phi) is 4.38. The Morgan fingerprint density at radius 1 is 1.26 bits per heavy atom. The van der Waals surface area contributed by atoms with Crippen molar-refractivity contribution in [3.63, 3.8) is 0 Å². The molecule has 0 aliphatic rings. The number of ketones is 1. The average Bonchev–Trinajstić information content (AvgIpc) is 3.14. The Hall–Kier alpha value is -2.67. The minimum absolute atomic E-state index is 0.0459. The van der Waals surface area contributed by atoms with E-state index in [4.69, 9.17) is 9.47 Å². The molecular weight excluding hydrogens is 316 g/mol. The van der Waals surface area contributed by atoms with Crippen LogP contribution in [0.15, 0.2) is 42.0 Å². The lowest BCUT2D eigenvalue weighted by molar-refractivity contribution is -0.141. The Balaban J connectivity index is 1.53. The number of imidazole rings is 1. The number of fused-ring (bicyclic) bond motifs is 1. The fraction of sp³-hybridized carbons (Fsp3) is 0.188. The van der Waals surface area contributed by atoms with Gasteiger partial charge in [-0.3, -0.25) is 14.0 Å². The van der Waals surface area contributed by atoms with Gasteiger partial charge in [0.05, 0.1) is 19.2 Å². The van der Waals surface area contributed by atoms with Gasteiger partial charge in [0.15, 0.2) is 17.4 Å². The van der Waals surface area contributed by atoms with Crippen LogP contribution in [0.3, 0.4) is 0 Å². The number of hydrogen-bond acceptors (Lipinski definition) is 6. The summed E-state index contributed by atoms with van der Waals surface area (Å²) < 4.78 is 11.9. The van der Waals surface area contributed by atoms with Gasteiger partial charge in [-0.05, 0) is 24.3 Å². The maximum absolute atomic E-state index is 12.0. The quantitative estimate of drug-likeness (QED) is 0.513. The highest BCUT2D eigenvalue weighted by atomic mass is 32.1. The Bertz CT molecular complexity index is 807. The zero-order valence-electron chi connectivity index (χ0n) is 12.4. The maximum atomic E-state index is 12.0. The molecule has 0 aliphatic carbocycles. The molecule has 23 heavy (non-hydrogen) atoms. The van der Waals surface area contributed by atoms with Gasteiger partial charge in [0, 0.05) is 23.3 Å². The molecular formula is C16H14N2O4S. The molecule has 0 fully saturated rings. The maximum Gasteiger partial charge on any atom is 0.312 e. The minimum Gasteiger partial charge on any atom is -0.497 e. The van der Waals surface area contributed by atoms with E-state index in [1.807, 2.05) is 16.0 Å². The topological polar surface area (TPSA) is 69.9 Å². The molecule has 1 aromatic carbocycles. The van der Waals surface area contributed by atoms with Crippen molar-refractivity contribution in [3.05, 3.63) is 53.3 Å². The largest absolute Gasteiger partial charge is 0.497 e. The van der Waals surface area contributed by atoms with Crippen molar-refractivity contribution in [1.29, 1.82) is 0 Å². The molecule has 0 N–H and O–H groups in total. The number of rotatable bonds is 6. The summed E-state index contributed by atoms with van der Waals surface area (Å²) in [5.74, 6) is -0.0669. The van der Waals surface area contributed by atoms with E-state index >= 15 is 0 Å². The van der Waals surface area contributed by atoms with Crippen LogP contribution in [0.25, 0.3) is 4.96 Å². The van der Waals surface area contributed by atoms with Gasteiger partial charge in [-0.15, -0.1) is 11.3 Å². The Morgan fingerprint density at radius 3 is 2.74 bits per heavy atom. The first-order valence-electron chi connectivity index (χ1n) is 6.89. The van der Waals surface area contributed by atoms with Crippen LogP contribution in [0.5, 0.6) is 5.75 Å². The molecule has 0 atom stereocenters. The van der Waals surface area contributed by atoms with Gasteiger partial charge < -0.3 is 9.47 Å². The van der Waals surface area contributed by atoms with E-state index in [1.54, 1.807) is 37.6 Å². The second kappa shape index (κ2) is 6.62. The van der Waals surface area contributed by atoms with Gasteiger partial charge in [-0.25, -0.2) is 4.98 Å². The number of carbonyl (C=O) groups is 2. The van der Waals surface area contributed by atoms with Crippen molar-refractivity contribution in [2.75, 3.05) is 13.7 Å². The van der Waals surface area contributed by atoms with E-state index < -0.39 is 5.97 Å². The van der Waals surface area contributed by atoms with E-state index in [-0.39, 0.29) is 18.8 Å². The van der Waals surface area contributed by atoms with Crippen molar-refractivity contribution in [3.8, 4) is 5.75 Å². The summed E-state index contributed by atoms with van der Waals surface area (Å²) >= 11 is 1.49. The van der Waals surface area contributed by atoms with Gasteiger partial charge >= 0.3 is 5.97 Å². The number of esters is 1. The van der Waals surface area contributed by atoms with Crippen LogP contribution in [0.2, 0.25) is 0 Å². The van der Waals surface area contributed by atoms with E-state index in [0.717, 1.165) is 4.96 Å². The summed E-state index contributed by atoms with van der Waals surface area (Å²) in [6, 6.07) is 6.65. The van der Waals surface area contributed by atoms with Gasteiger partial charge in [-0.1, -0.05) is 0 Å². The lowest BCUT2D eigenvalue weighted by Gasteiger charge is -2.04. The molecule has 0 radical (unpaired) electrons. The molecule has 0 saturated carbocycles. The first kappa shape index (κ1) is 15.2. The smallest absolute Gasteiger partial charge is 0.312 e. The lowest BCUT2D eigenvalue weighted by atomic mass is 10.1. The highest BCUT2D eigenvalue weighted by Gasteiger charge is 2.13. The van der Waals surface area contributed by atoms with Crippen molar-refractivity contribution < 1.29 is 19.1 Å². The molecule has 6 nitrogen and oxygen atoms in total. The van der Waals surface area contributed by atoms with E-state index in [1.165, 1.54) is 11.3 Å². The molecule has 2 heterocycles. The molecule has 0 spiro atoms. The summed E-state index contributed by atoms with van der Waals surface area (Å²) in [7, 11) is 1.55. The Labute approximate surface area is 136 Å². The standard InChI is InChI=1S/C16H14N2O4S/c1-21-13-4-2-11(3-5-13)14(19)10-22-15(20)8-12-9-18-6-7-23-16(18)17-12/h2-7,9H,8,10H2,1H3.